The molecule has 27 heavy (non-hydrogen) atoms. The third-order valence-corrected chi connectivity index (χ3v) is 4.30. The first-order valence-electron chi connectivity index (χ1n) is 8.55. The number of benzene rings is 1. The Bertz CT molecular complexity index is 803. The van der Waals surface area contributed by atoms with Gasteiger partial charge in [0.05, 0.1) is 19.1 Å². The topological polar surface area (TPSA) is 54.5 Å². The van der Waals surface area contributed by atoms with Gasteiger partial charge in [0.1, 0.15) is 23.4 Å². The van der Waals surface area contributed by atoms with Crippen molar-refractivity contribution in [2.75, 3.05) is 18.0 Å². The maximum Gasteiger partial charge on any atom is 0.433 e. The molecular weight excluding hydrogens is 359 g/mol. The number of hydrogen-bond donors (Lipinski definition) is 1. The van der Waals surface area contributed by atoms with Crippen molar-refractivity contribution in [1.82, 2.24) is 10.3 Å². The number of hydrogen-bond acceptors (Lipinski definition) is 4. The Balaban J connectivity index is 1.54. The van der Waals surface area contributed by atoms with Crippen molar-refractivity contribution in [3.63, 3.8) is 0 Å². The molecule has 1 saturated heterocycles. The van der Waals surface area contributed by atoms with Crippen molar-refractivity contribution < 1.29 is 22.7 Å². The van der Waals surface area contributed by atoms with Crippen molar-refractivity contribution in [3.8, 4) is 5.75 Å². The zero-order chi connectivity index (χ0) is 19.6. The molecule has 0 saturated carbocycles. The number of pyridine rings is 1. The molecule has 1 fully saturated rings. The van der Waals surface area contributed by atoms with Crippen LogP contribution in [0.2, 0.25) is 0 Å². The van der Waals surface area contributed by atoms with E-state index in [4.69, 9.17) is 4.74 Å². The molecule has 0 bridgehead atoms. The second-order valence-corrected chi connectivity index (χ2v) is 6.51. The smallest absolute Gasteiger partial charge is 0.433 e. The number of carbonyl (C=O) groups excluding carboxylic acids is 1. The lowest BCUT2D eigenvalue weighted by atomic mass is 10.1. The molecule has 144 valence electrons. The molecule has 3 rings (SSSR count). The highest BCUT2D eigenvalue weighted by Crippen LogP contribution is 2.30. The summed E-state index contributed by atoms with van der Waals surface area (Å²) < 4.78 is 44.1. The first-order valence-corrected chi connectivity index (χ1v) is 8.55. The van der Waals surface area contributed by atoms with E-state index in [1.807, 2.05) is 31.2 Å². The summed E-state index contributed by atoms with van der Waals surface area (Å²) in [5, 5.41) is 2.81. The number of rotatable bonds is 5. The van der Waals surface area contributed by atoms with E-state index in [1.54, 1.807) is 11.0 Å². The van der Waals surface area contributed by atoms with Gasteiger partial charge >= 0.3 is 6.18 Å². The summed E-state index contributed by atoms with van der Waals surface area (Å²) in [6, 6.07) is 11.2. The van der Waals surface area contributed by atoms with Crippen LogP contribution in [0, 0.1) is 0 Å². The molecule has 0 spiro atoms. The Morgan fingerprint density at radius 2 is 1.89 bits per heavy atom. The van der Waals surface area contributed by atoms with Crippen LogP contribution in [0.1, 0.15) is 31.1 Å². The Hall–Kier alpha value is -2.77. The standard InChI is InChI=1S/C19H20F3N3O2/c1-12(23-13(2)26)14-6-8-15(9-7-14)27-16-10-25(11-16)18-5-3-4-17(24-18)19(20,21)22/h3-9,12,16H,10-11H2,1-2H3,(H,23,26). The van der Waals surface area contributed by atoms with Crippen LogP contribution in [0.4, 0.5) is 19.0 Å². The molecule has 1 aliphatic heterocycles. The molecule has 1 N–H and O–H groups in total. The van der Waals surface area contributed by atoms with E-state index in [0.29, 0.717) is 24.7 Å². The zero-order valence-corrected chi connectivity index (χ0v) is 15.0. The third kappa shape index (κ3) is 4.69. The monoisotopic (exact) mass is 379 g/mol. The first-order chi connectivity index (χ1) is 12.7. The van der Waals surface area contributed by atoms with Crippen molar-refractivity contribution in [2.24, 2.45) is 0 Å². The number of anilines is 1. The van der Waals surface area contributed by atoms with Gasteiger partial charge in [-0.2, -0.15) is 13.2 Å². The van der Waals surface area contributed by atoms with Gasteiger partial charge in [0.2, 0.25) is 5.91 Å². The van der Waals surface area contributed by atoms with E-state index in [9.17, 15) is 18.0 Å². The minimum Gasteiger partial charge on any atom is -0.487 e. The Labute approximate surface area is 155 Å². The Kier molecular flexibility index (Phi) is 5.25. The van der Waals surface area contributed by atoms with Gasteiger partial charge in [-0.1, -0.05) is 18.2 Å². The largest absolute Gasteiger partial charge is 0.487 e. The van der Waals surface area contributed by atoms with E-state index in [1.165, 1.54) is 13.0 Å². The highest BCUT2D eigenvalue weighted by molar-refractivity contribution is 5.73. The second-order valence-electron chi connectivity index (χ2n) is 6.51. The van der Waals surface area contributed by atoms with Gasteiger partial charge in [0.15, 0.2) is 0 Å². The number of carbonyl (C=O) groups is 1. The number of nitrogens with zero attached hydrogens (tertiary/aromatic N) is 2. The molecule has 0 radical (unpaired) electrons. The number of halogens is 3. The molecule has 1 aliphatic rings. The first kappa shape index (κ1) is 19.0. The van der Waals surface area contributed by atoms with Crippen LogP contribution in [0.15, 0.2) is 42.5 Å². The minimum atomic E-state index is -4.45. The fourth-order valence-corrected chi connectivity index (χ4v) is 2.87. The molecule has 1 aromatic carbocycles. The van der Waals surface area contributed by atoms with Crippen molar-refractivity contribution in [3.05, 3.63) is 53.7 Å². The number of amides is 1. The molecule has 8 heteroatoms. The van der Waals surface area contributed by atoms with Crippen LogP contribution < -0.4 is 15.0 Å². The Morgan fingerprint density at radius 3 is 2.48 bits per heavy atom. The van der Waals surface area contributed by atoms with Crippen LogP contribution >= 0.6 is 0 Å². The summed E-state index contributed by atoms with van der Waals surface area (Å²) in [5.41, 5.74) is 0.0641. The van der Waals surface area contributed by atoms with Gasteiger partial charge in [0, 0.05) is 6.92 Å². The van der Waals surface area contributed by atoms with Gasteiger partial charge in [-0.25, -0.2) is 4.98 Å². The number of ether oxygens (including phenoxy) is 1. The fraction of sp³-hybridized carbons (Fsp3) is 0.368. The van der Waals surface area contributed by atoms with Crippen molar-refractivity contribution in [1.29, 1.82) is 0 Å². The molecule has 2 aromatic rings. The van der Waals surface area contributed by atoms with Gasteiger partial charge in [-0.3, -0.25) is 4.79 Å². The van der Waals surface area contributed by atoms with Crippen LogP contribution in [0.5, 0.6) is 5.75 Å². The summed E-state index contributed by atoms with van der Waals surface area (Å²) in [6.07, 6.45) is -4.56. The average Bonchev–Trinajstić information content (AvgIpc) is 2.57. The molecule has 5 nitrogen and oxygen atoms in total. The molecule has 0 aliphatic carbocycles. The average molecular weight is 379 g/mol. The van der Waals surface area contributed by atoms with Crippen LogP contribution in [-0.2, 0) is 11.0 Å². The molecule has 1 atom stereocenters. The van der Waals surface area contributed by atoms with Gasteiger partial charge in [-0.15, -0.1) is 0 Å². The van der Waals surface area contributed by atoms with Gasteiger partial charge in [0.25, 0.3) is 0 Å². The maximum absolute atomic E-state index is 12.7. The normalized spacial score (nSPS) is 15.8. The summed E-state index contributed by atoms with van der Waals surface area (Å²) >= 11 is 0. The van der Waals surface area contributed by atoms with Crippen molar-refractivity contribution >= 4 is 11.7 Å². The number of alkyl halides is 3. The third-order valence-electron chi connectivity index (χ3n) is 4.30. The Morgan fingerprint density at radius 1 is 1.22 bits per heavy atom. The lowest BCUT2D eigenvalue weighted by Crippen LogP contribution is -2.54. The summed E-state index contributed by atoms with van der Waals surface area (Å²) in [7, 11) is 0. The van der Waals surface area contributed by atoms with Crippen LogP contribution in [-0.4, -0.2) is 30.1 Å². The van der Waals surface area contributed by atoms with E-state index in [-0.39, 0.29) is 18.1 Å². The van der Waals surface area contributed by atoms with Crippen LogP contribution in [0.25, 0.3) is 0 Å². The van der Waals surface area contributed by atoms with Crippen molar-refractivity contribution in [2.45, 2.75) is 32.2 Å². The number of nitrogens with one attached hydrogen (secondary N) is 1. The molecular formula is C19H20F3N3O2. The summed E-state index contributed by atoms with van der Waals surface area (Å²) in [4.78, 5) is 16.5. The van der Waals surface area contributed by atoms with E-state index in [2.05, 4.69) is 10.3 Å². The van der Waals surface area contributed by atoms with E-state index >= 15 is 0 Å². The lowest BCUT2D eigenvalue weighted by Gasteiger charge is -2.40. The van der Waals surface area contributed by atoms with Gasteiger partial charge in [-0.05, 0) is 36.8 Å². The maximum atomic E-state index is 12.7. The quantitative estimate of drug-likeness (QED) is 0.863. The van der Waals surface area contributed by atoms with Gasteiger partial charge < -0.3 is 15.0 Å². The molecule has 1 amide bonds. The van der Waals surface area contributed by atoms with Crippen LogP contribution in [0.3, 0.4) is 0 Å². The lowest BCUT2D eigenvalue weighted by molar-refractivity contribution is -0.141. The number of aromatic nitrogens is 1. The predicted molar refractivity (Wildman–Crippen MR) is 94.5 cm³/mol. The molecule has 1 aromatic heterocycles. The second kappa shape index (κ2) is 7.46. The summed E-state index contributed by atoms with van der Waals surface area (Å²) in [5.74, 6) is 0.875. The summed E-state index contributed by atoms with van der Waals surface area (Å²) in [6.45, 7) is 4.30. The SMILES string of the molecule is CC(=O)NC(C)c1ccc(OC2CN(c3cccc(C(F)(F)F)n3)C2)cc1. The molecule has 2 heterocycles. The highest BCUT2D eigenvalue weighted by atomic mass is 19.4. The fourth-order valence-electron chi connectivity index (χ4n) is 2.87. The molecule has 1 unspecified atom stereocenters. The van der Waals surface area contributed by atoms with E-state index in [0.717, 1.165) is 11.6 Å². The minimum absolute atomic E-state index is 0.0947. The zero-order valence-electron chi connectivity index (χ0n) is 15.0. The predicted octanol–water partition coefficient (Wildman–Crippen LogP) is 3.57. The van der Waals surface area contributed by atoms with E-state index < -0.39 is 11.9 Å². The highest BCUT2D eigenvalue weighted by Gasteiger charge is 2.35.